The van der Waals surface area contributed by atoms with Gasteiger partial charge in [-0.2, -0.15) is 0 Å². The van der Waals surface area contributed by atoms with Crippen molar-refractivity contribution in [2.45, 2.75) is 32.2 Å². The SMILES string of the molecule is CC(CNC1CCS(=O)(=O)C1)C1CC1. The summed E-state index contributed by atoms with van der Waals surface area (Å²) in [6.07, 6.45) is 3.54. The number of sulfone groups is 1. The van der Waals surface area contributed by atoms with Gasteiger partial charge in [-0.15, -0.1) is 0 Å². The van der Waals surface area contributed by atoms with Crippen LogP contribution in [0.4, 0.5) is 0 Å². The maximum absolute atomic E-state index is 11.2. The normalized spacial score (nSPS) is 33.1. The van der Waals surface area contributed by atoms with E-state index in [1.54, 1.807) is 0 Å². The number of hydrogen-bond donors (Lipinski definition) is 1. The molecule has 2 rings (SSSR count). The van der Waals surface area contributed by atoms with E-state index in [0.29, 0.717) is 11.5 Å². The molecule has 1 aliphatic carbocycles. The Bertz CT molecular complexity index is 295. The molecule has 1 saturated carbocycles. The summed E-state index contributed by atoms with van der Waals surface area (Å²) in [7, 11) is -2.71. The molecule has 0 radical (unpaired) electrons. The first-order valence-corrected chi connectivity index (χ1v) is 7.33. The summed E-state index contributed by atoms with van der Waals surface area (Å²) >= 11 is 0. The molecule has 0 bridgehead atoms. The lowest BCUT2D eigenvalue weighted by atomic mass is 10.1. The van der Waals surface area contributed by atoms with Gasteiger partial charge in [-0.3, -0.25) is 0 Å². The molecule has 2 aliphatic rings. The third-order valence-electron chi connectivity index (χ3n) is 3.39. The molecule has 1 heterocycles. The number of nitrogens with one attached hydrogen (secondary N) is 1. The maximum Gasteiger partial charge on any atom is 0.151 e. The van der Waals surface area contributed by atoms with Crippen LogP contribution < -0.4 is 5.32 Å². The lowest BCUT2D eigenvalue weighted by Gasteiger charge is -2.15. The predicted molar refractivity (Wildman–Crippen MR) is 56.9 cm³/mol. The highest BCUT2D eigenvalue weighted by atomic mass is 32.2. The topological polar surface area (TPSA) is 46.2 Å². The van der Waals surface area contributed by atoms with Crippen molar-refractivity contribution in [2.24, 2.45) is 11.8 Å². The molecule has 1 saturated heterocycles. The Kier molecular flexibility index (Phi) is 2.84. The largest absolute Gasteiger partial charge is 0.313 e. The van der Waals surface area contributed by atoms with Crippen molar-refractivity contribution in [1.82, 2.24) is 5.32 Å². The Morgan fingerprint density at radius 1 is 1.36 bits per heavy atom. The van der Waals surface area contributed by atoms with Crippen LogP contribution in [0.25, 0.3) is 0 Å². The molecule has 0 aromatic carbocycles. The Morgan fingerprint density at radius 3 is 2.57 bits per heavy atom. The summed E-state index contributed by atoms with van der Waals surface area (Å²) < 4.78 is 22.4. The number of hydrogen-bond acceptors (Lipinski definition) is 3. The molecule has 82 valence electrons. The molecule has 0 amide bonds. The molecular weight excluding hydrogens is 198 g/mol. The van der Waals surface area contributed by atoms with Gasteiger partial charge in [0.25, 0.3) is 0 Å². The molecule has 2 fully saturated rings. The molecule has 2 atom stereocenters. The average molecular weight is 217 g/mol. The molecular formula is C10H19NO2S. The fourth-order valence-electron chi connectivity index (χ4n) is 2.14. The van der Waals surface area contributed by atoms with Crippen LogP contribution in [0.2, 0.25) is 0 Å². The molecule has 0 aromatic rings. The van der Waals surface area contributed by atoms with E-state index >= 15 is 0 Å². The van der Waals surface area contributed by atoms with Crippen LogP contribution in [0.15, 0.2) is 0 Å². The summed E-state index contributed by atoms with van der Waals surface area (Å²) in [5, 5.41) is 3.38. The van der Waals surface area contributed by atoms with Crippen molar-refractivity contribution >= 4 is 9.84 Å². The Labute approximate surface area is 86.2 Å². The van der Waals surface area contributed by atoms with Gasteiger partial charge < -0.3 is 5.32 Å². The fraction of sp³-hybridized carbons (Fsp3) is 1.00. The van der Waals surface area contributed by atoms with Crippen molar-refractivity contribution in [3.05, 3.63) is 0 Å². The van der Waals surface area contributed by atoms with E-state index in [4.69, 9.17) is 0 Å². The van der Waals surface area contributed by atoms with Crippen LogP contribution in [0.3, 0.4) is 0 Å². The molecule has 1 N–H and O–H groups in total. The lowest BCUT2D eigenvalue weighted by molar-refractivity contribution is 0.429. The molecule has 2 unspecified atom stereocenters. The predicted octanol–water partition coefficient (Wildman–Crippen LogP) is 0.809. The minimum atomic E-state index is -2.71. The Morgan fingerprint density at radius 2 is 2.07 bits per heavy atom. The summed E-state index contributed by atoms with van der Waals surface area (Å²) in [5.74, 6) is 2.35. The van der Waals surface area contributed by atoms with Crippen LogP contribution in [-0.2, 0) is 9.84 Å². The van der Waals surface area contributed by atoms with Crippen LogP contribution in [-0.4, -0.2) is 32.5 Å². The smallest absolute Gasteiger partial charge is 0.151 e. The molecule has 4 heteroatoms. The second kappa shape index (κ2) is 3.81. The Hall–Kier alpha value is -0.0900. The van der Waals surface area contributed by atoms with Gasteiger partial charge in [0.05, 0.1) is 11.5 Å². The summed E-state index contributed by atoms with van der Waals surface area (Å²) in [5.41, 5.74) is 0. The molecule has 0 aromatic heterocycles. The van der Waals surface area contributed by atoms with Crippen molar-refractivity contribution in [1.29, 1.82) is 0 Å². The summed E-state index contributed by atoms with van der Waals surface area (Å²) in [6.45, 7) is 3.25. The fourth-order valence-corrected chi connectivity index (χ4v) is 3.85. The zero-order valence-electron chi connectivity index (χ0n) is 8.70. The standard InChI is InChI=1S/C10H19NO2S/c1-8(9-2-3-9)6-11-10-4-5-14(12,13)7-10/h8-11H,2-7H2,1H3. The maximum atomic E-state index is 11.2. The van der Waals surface area contributed by atoms with E-state index in [2.05, 4.69) is 12.2 Å². The summed E-state index contributed by atoms with van der Waals surface area (Å²) in [4.78, 5) is 0. The van der Waals surface area contributed by atoms with Crippen molar-refractivity contribution in [3.8, 4) is 0 Å². The van der Waals surface area contributed by atoms with Gasteiger partial charge in [-0.25, -0.2) is 8.42 Å². The van der Waals surface area contributed by atoms with Crippen LogP contribution in [0, 0.1) is 11.8 Å². The van der Waals surface area contributed by atoms with Gasteiger partial charge in [-0.1, -0.05) is 6.92 Å². The summed E-state index contributed by atoms with van der Waals surface area (Å²) in [6, 6.07) is 0.223. The van der Waals surface area contributed by atoms with Gasteiger partial charge in [-0.05, 0) is 37.6 Å². The van der Waals surface area contributed by atoms with Crippen LogP contribution in [0.5, 0.6) is 0 Å². The third kappa shape index (κ3) is 2.70. The minimum Gasteiger partial charge on any atom is -0.313 e. The molecule has 0 spiro atoms. The first-order valence-electron chi connectivity index (χ1n) is 5.50. The van der Waals surface area contributed by atoms with E-state index in [1.165, 1.54) is 12.8 Å². The van der Waals surface area contributed by atoms with Crippen molar-refractivity contribution < 1.29 is 8.42 Å². The lowest BCUT2D eigenvalue weighted by Crippen LogP contribution is -2.34. The second-order valence-corrected chi connectivity index (χ2v) is 7.05. The van der Waals surface area contributed by atoms with Gasteiger partial charge in [0.15, 0.2) is 9.84 Å². The van der Waals surface area contributed by atoms with E-state index in [-0.39, 0.29) is 6.04 Å². The minimum absolute atomic E-state index is 0.223. The van der Waals surface area contributed by atoms with E-state index < -0.39 is 9.84 Å². The second-order valence-electron chi connectivity index (χ2n) is 4.82. The molecule has 14 heavy (non-hydrogen) atoms. The highest BCUT2D eigenvalue weighted by Gasteiger charge is 2.31. The van der Waals surface area contributed by atoms with Gasteiger partial charge in [0, 0.05) is 6.04 Å². The average Bonchev–Trinajstić information content (AvgIpc) is 2.88. The van der Waals surface area contributed by atoms with Crippen LogP contribution in [0.1, 0.15) is 26.2 Å². The van der Waals surface area contributed by atoms with E-state index in [0.717, 1.165) is 24.8 Å². The van der Waals surface area contributed by atoms with Crippen molar-refractivity contribution in [3.63, 3.8) is 0 Å². The van der Waals surface area contributed by atoms with Gasteiger partial charge >= 0.3 is 0 Å². The monoisotopic (exact) mass is 217 g/mol. The first-order chi connectivity index (χ1) is 6.57. The quantitative estimate of drug-likeness (QED) is 0.758. The van der Waals surface area contributed by atoms with Crippen molar-refractivity contribution in [2.75, 3.05) is 18.1 Å². The van der Waals surface area contributed by atoms with Gasteiger partial charge in [0.1, 0.15) is 0 Å². The van der Waals surface area contributed by atoms with E-state index in [9.17, 15) is 8.42 Å². The van der Waals surface area contributed by atoms with E-state index in [1.807, 2.05) is 0 Å². The molecule has 3 nitrogen and oxygen atoms in total. The Balaban J connectivity index is 1.71. The van der Waals surface area contributed by atoms with Gasteiger partial charge in [0.2, 0.25) is 0 Å². The third-order valence-corrected chi connectivity index (χ3v) is 5.16. The zero-order chi connectivity index (χ0) is 10.2. The zero-order valence-corrected chi connectivity index (χ0v) is 9.52. The van der Waals surface area contributed by atoms with Crippen LogP contribution >= 0.6 is 0 Å². The highest BCUT2D eigenvalue weighted by molar-refractivity contribution is 7.91. The highest BCUT2D eigenvalue weighted by Crippen LogP contribution is 2.36. The first kappa shape index (κ1) is 10.4. The molecule has 1 aliphatic heterocycles. The number of rotatable bonds is 4.